The number of carboxylic acid groups (broad SMARTS) is 1. The summed E-state index contributed by atoms with van der Waals surface area (Å²) in [5.41, 5.74) is 4.02. The van der Waals surface area contributed by atoms with E-state index < -0.39 is 5.97 Å². The number of hydrogen-bond donors (Lipinski definition) is 2. The second-order valence-corrected chi connectivity index (χ2v) is 10.6. The van der Waals surface area contributed by atoms with Crippen LogP contribution in [-0.4, -0.2) is 36.0 Å². The third-order valence-electron chi connectivity index (χ3n) is 6.82. The first-order valence-electron chi connectivity index (χ1n) is 13.3. The summed E-state index contributed by atoms with van der Waals surface area (Å²) in [5, 5.41) is 14.0. The number of aliphatic carboxylic acids is 1. The van der Waals surface area contributed by atoms with Crippen molar-refractivity contribution in [2.24, 2.45) is 0 Å². The Balaban J connectivity index is 1.43. The number of amides is 2. The molecule has 3 aromatic carbocycles. The van der Waals surface area contributed by atoms with Crippen LogP contribution < -0.4 is 15.0 Å². The predicted octanol–water partition coefficient (Wildman–Crippen LogP) is 6.89. The third-order valence-corrected chi connectivity index (χ3v) is 7.79. The lowest BCUT2D eigenvalue weighted by Crippen LogP contribution is -2.31. The lowest BCUT2D eigenvalue weighted by atomic mass is 9.99. The molecule has 0 fully saturated rings. The van der Waals surface area contributed by atoms with E-state index in [0.29, 0.717) is 35.5 Å². The molecular weight excluding hydrogens is 524 g/mol. The highest BCUT2D eigenvalue weighted by atomic mass is 32.1. The van der Waals surface area contributed by atoms with Crippen LogP contribution in [0.5, 0.6) is 5.75 Å². The van der Waals surface area contributed by atoms with Crippen LogP contribution in [0.25, 0.3) is 11.1 Å². The minimum absolute atomic E-state index is 0.0422. The Morgan fingerprint density at radius 3 is 2.58 bits per heavy atom. The molecule has 8 heteroatoms. The van der Waals surface area contributed by atoms with Gasteiger partial charge in [-0.3, -0.25) is 14.4 Å². The Bertz CT molecular complexity index is 1510. The second-order valence-electron chi connectivity index (χ2n) is 9.57. The highest BCUT2D eigenvalue weighted by molar-refractivity contribution is 7.10. The van der Waals surface area contributed by atoms with Crippen molar-refractivity contribution in [2.75, 3.05) is 23.4 Å². The van der Waals surface area contributed by atoms with Gasteiger partial charge < -0.3 is 20.1 Å². The SMILES string of the molecule is O=C(O)CCCOc1cc(C(=O)N2CCCCc3sccc32)ccc1NC(=O)c1ccccc1-c1ccccc1. The molecule has 1 aliphatic rings. The first-order chi connectivity index (χ1) is 19.5. The maximum Gasteiger partial charge on any atom is 0.303 e. The summed E-state index contributed by atoms with van der Waals surface area (Å²) in [6, 6.07) is 24.0. The standard InChI is InChI=1S/C32H30N2O5S/c35-30(36)14-8-19-39-28-21-23(32(38)34-18-7-6-13-29-27(34)17-20-40-29)15-16-26(28)33-31(37)25-12-5-4-11-24(25)22-9-2-1-3-10-22/h1-5,9-12,15-17,20-21H,6-8,13-14,18-19H2,(H,33,37)(H,35,36). The van der Waals surface area contributed by atoms with Gasteiger partial charge in [0.2, 0.25) is 0 Å². The average molecular weight is 555 g/mol. The van der Waals surface area contributed by atoms with E-state index in [1.165, 1.54) is 4.88 Å². The molecule has 0 aliphatic carbocycles. The lowest BCUT2D eigenvalue weighted by molar-refractivity contribution is -0.137. The number of fused-ring (bicyclic) bond motifs is 1. The van der Waals surface area contributed by atoms with Crippen molar-refractivity contribution >= 4 is 40.5 Å². The van der Waals surface area contributed by atoms with Gasteiger partial charge in [-0.2, -0.15) is 0 Å². The number of benzene rings is 3. The Hall–Kier alpha value is -4.43. The molecule has 1 aliphatic heterocycles. The van der Waals surface area contributed by atoms with Crippen LogP contribution in [0.1, 0.15) is 51.3 Å². The zero-order chi connectivity index (χ0) is 27.9. The van der Waals surface area contributed by atoms with Crippen molar-refractivity contribution < 1.29 is 24.2 Å². The number of carboxylic acids is 1. The lowest BCUT2D eigenvalue weighted by Gasteiger charge is -2.22. The van der Waals surface area contributed by atoms with Crippen LogP contribution in [0.3, 0.4) is 0 Å². The minimum Gasteiger partial charge on any atom is -0.491 e. The Kier molecular flexibility index (Phi) is 8.56. The van der Waals surface area contributed by atoms with Crippen LogP contribution >= 0.6 is 11.3 Å². The van der Waals surface area contributed by atoms with Crippen molar-refractivity contribution in [3.63, 3.8) is 0 Å². The first-order valence-corrected chi connectivity index (χ1v) is 14.2. The summed E-state index contributed by atoms with van der Waals surface area (Å²) in [7, 11) is 0. The first kappa shape index (κ1) is 27.1. The molecule has 7 nitrogen and oxygen atoms in total. The normalized spacial score (nSPS) is 12.8. The molecule has 5 rings (SSSR count). The third kappa shape index (κ3) is 6.24. The summed E-state index contributed by atoms with van der Waals surface area (Å²) in [6.07, 6.45) is 3.16. The van der Waals surface area contributed by atoms with E-state index in [2.05, 4.69) is 5.32 Å². The maximum absolute atomic E-state index is 13.7. The van der Waals surface area contributed by atoms with E-state index in [-0.39, 0.29) is 24.8 Å². The van der Waals surface area contributed by atoms with Gasteiger partial charge in [-0.1, -0.05) is 48.5 Å². The molecule has 4 aromatic rings. The summed E-state index contributed by atoms with van der Waals surface area (Å²) in [6.45, 7) is 0.762. The molecule has 2 heterocycles. The molecule has 2 amide bonds. The van der Waals surface area contributed by atoms with E-state index in [4.69, 9.17) is 9.84 Å². The fourth-order valence-corrected chi connectivity index (χ4v) is 5.75. The smallest absolute Gasteiger partial charge is 0.303 e. The monoisotopic (exact) mass is 554 g/mol. The number of carbonyl (C=O) groups excluding carboxylic acids is 2. The largest absolute Gasteiger partial charge is 0.491 e. The summed E-state index contributed by atoms with van der Waals surface area (Å²) >= 11 is 1.67. The van der Waals surface area contributed by atoms with Crippen LogP contribution in [-0.2, 0) is 11.2 Å². The fourth-order valence-electron chi connectivity index (χ4n) is 4.83. The van der Waals surface area contributed by atoms with Crippen molar-refractivity contribution in [3.05, 3.63) is 100 Å². The Morgan fingerprint density at radius 2 is 1.75 bits per heavy atom. The molecule has 2 N–H and O–H groups in total. The van der Waals surface area contributed by atoms with E-state index in [1.54, 1.807) is 35.6 Å². The van der Waals surface area contributed by atoms with Gasteiger partial charge in [-0.25, -0.2) is 0 Å². The zero-order valence-electron chi connectivity index (χ0n) is 22.0. The number of nitrogens with zero attached hydrogens (tertiary/aromatic N) is 1. The summed E-state index contributed by atoms with van der Waals surface area (Å²) < 4.78 is 5.95. The number of ether oxygens (including phenoxy) is 1. The zero-order valence-corrected chi connectivity index (χ0v) is 22.8. The topological polar surface area (TPSA) is 95.9 Å². The van der Waals surface area contributed by atoms with Gasteiger partial charge in [0, 0.05) is 29.0 Å². The van der Waals surface area contributed by atoms with Gasteiger partial charge in [0.1, 0.15) is 5.75 Å². The van der Waals surface area contributed by atoms with Crippen LogP contribution in [0.2, 0.25) is 0 Å². The van der Waals surface area contributed by atoms with E-state index in [9.17, 15) is 14.4 Å². The molecule has 1 aromatic heterocycles. The average Bonchev–Trinajstić information content (AvgIpc) is 3.35. The number of hydrogen-bond acceptors (Lipinski definition) is 5. The van der Waals surface area contributed by atoms with Gasteiger partial charge in [-0.05, 0) is 72.5 Å². The number of rotatable bonds is 9. The molecule has 204 valence electrons. The quantitative estimate of drug-likeness (QED) is 0.220. The van der Waals surface area contributed by atoms with Crippen LogP contribution in [0.15, 0.2) is 84.2 Å². The molecule has 0 bridgehead atoms. The van der Waals surface area contributed by atoms with Gasteiger partial charge in [0.05, 0.1) is 18.0 Å². The van der Waals surface area contributed by atoms with Crippen molar-refractivity contribution in [3.8, 4) is 16.9 Å². The highest BCUT2D eigenvalue weighted by Gasteiger charge is 2.24. The van der Waals surface area contributed by atoms with Crippen molar-refractivity contribution in [2.45, 2.75) is 32.1 Å². The molecule has 0 radical (unpaired) electrons. The fraction of sp³-hybridized carbons (Fsp3) is 0.219. The molecule has 40 heavy (non-hydrogen) atoms. The van der Waals surface area contributed by atoms with Crippen molar-refractivity contribution in [1.82, 2.24) is 0 Å². The van der Waals surface area contributed by atoms with Crippen molar-refractivity contribution in [1.29, 1.82) is 0 Å². The molecule has 0 atom stereocenters. The van der Waals surface area contributed by atoms with E-state index in [0.717, 1.165) is 36.1 Å². The second kappa shape index (κ2) is 12.6. The molecule has 0 unspecified atom stereocenters. The number of thiophene rings is 1. The predicted molar refractivity (Wildman–Crippen MR) is 158 cm³/mol. The van der Waals surface area contributed by atoms with Gasteiger partial charge in [0.25, 0.3) is 11.8 Å². The van der Waals surface area contributed by atoms with Gasteiger partial charge in [-0.15, -0.1) is 11.3 Å². The van der Waals surface area contributed by atoms with Gasteiger partial charge in [0.15, 0.2) is 0 Å². The van der Waals surface area contributed by atoms with Crippen LogP contribution in [0, 0.1) is 0 Å². The molecule has 0 spiro atoms. The minimum atomic E-state index is -0.911. The molecular formula is C32H30N2O5S. The number of anilines is 2. The molecule has 0 saturated heterocycles. The maximum atomic E-state index is 13.7. The summed E-state index contributed by atoms with van der Waals surface area (Å²) in [4.78, 5) is 41.1. The molecule has 0 saturated carbocycles. The number of aryl methyl sites for hydroxylation is 1. The van der Waals surface area contributed by atoms with E-state index in [1.807, 2.05) is 64.9 Å². The summed E-state index contributed by atoms with van der Waals surface area (Å²) in [5.74, 6) is -1.04. The van der Waals surface area contributed by atoms with E-state index >= 15 is 0 Å². The Morgan fingerprint density at radius 1 is 0.950 bits per heavy atom. The number of carbonyl (C=O) groups is 3. The highest BCUT2D eigenvalue weighted by Crippen LogP contribution is 2.34. The Labute approximate surface area is 237 Å². The van der Waals surface area contributed by atoms with Gasteiger partial charge >= 0.3 is 5.97 Å². The number of nitrogens with one attached hydrogen (secondary N) is 1. The van der Waals surface area contributed by atoms with Crippen LogP contribution in [0.4, 0.5) is 11.4 Å².